The van der Waals surface area contributed by atoms with Gasteiger partial charge in [-0.05, 0) is 93.0 Å². The van der Waals surface area contributed by atoms with Crippen molar-refractivity contribution in [1.82, 2.24) is 25.0 Å². The Morgan fingerprint density at radius 2 is 1.79 bits per heavy atom. The summed E-state index contributed by atoms with van der Waals surface area (Å²) < 4.78 is 14.1. The normalized spacial score (nSPS) is 13.0. The van der Waals surface area contributed by atoms with Gasteiger partial charge >= 0.3 is 5.97 Å². The second-order valence-corrected chi connectivity index (χ2v) is 14.3. The minimum absolute atomic E-state index is 0.0306. The van der Waals surface area contributed by atoms with Crippen molar-refractivity contribution < 1.29 is 23.8 Å². The fourth-order valence-electron chi connectivity index (χ4n) is 7.54. The maximum absolute atomic E-state index is 14.0. The zero-order valence-electron chi connectivity index (χ0n) is 30.7. The van der Waals surface area contributed by atoms with E-state index in [4.69, 9.17) is 20.8 Å². The van der Waals surface area contributed by atoms with Gasteiger partial charge in [-0.1, -0.05) is 54.1 Å². The van der Waals surface area contributed by atoms with Gasteiger partial charge in [-0.2, -0.15) is 5.10 Å². The van der Waals surface area contributed by atoms with Gasteiger partial charge in [-0.15, -0.1) is 0 Å². The molecule has 0 radical (unpaired) electrons. The largest absolute Gasteiger partial charge is 0.494 e. The van der Waals surface area contributed by atoms with Crippen LogP contribution >= 0.6 is 11.6 Å². The molecule has 6 aromatic rings. The Morgan fingerprint density at radius 3 is 2.51 bits per heavy atom. The number of hydrogen-bond donors (Lipinski definition) is 3. The first-order valence-electron chi connectivity index (χ1n) is 17.9. The van der Waals surface area contributed by atoms with E-state index in [0.29, 0.717) is 43.2 Å². The summed E-state index contributed by atoms with van der Waals surface area (Å²) in [6.07, 6.45) is 2.13. The highest BCUT2D eigenvalue weighted by Gasteiger charge is 2.25. The number of para-hydroxylation sites is 1. The number of carboxylic acids is 1. The summed E-state index contributed by atoms with van der Waals surface area (Å²) in [6, 6.07) is 19.8. The van der Waals surface area contributed by atoms with E-state index >= 15 is 0 Å². The molecule has 1 aliphatic heterocycles. The number of aryl methyl sites for hydroxylation is 5. The molecule has 0 aliphatic carbocycles. The van der Waals surface area contributed by atoms with Crippen LogP contribution in [0.15, 0.2) is 65.1 Å². The molecule has 53 heavy (non-hydrogen) atoms. The minimum atomic E-state index is -1.06. The average Bonchev–Trinajstić information content (AvgIpc) is 3.80. The van der Waals surface area contributed by atoms with E-state index in [1.54, 1.807) is 0 Å². The molecule has 0 saturated heterocycles. The number of carbonyl (C=O) groups excluding carboxylic acids is 1. The van der Waals surface area contributed by atoms with Crippen LogP contribution in [0.25, 0.3) is 22.0 Å². The van der Waals surface area contributed by atoms with Gasteiger partial charge in [-0.3, -0.25) is 14.4 Å². The second-order valence-electron chi connectivity index (χ2n) is 14.0. The van der Waals surface area contributed by atoms with Crippen LogP contribution in [-0.4, -0.2) is 49.8 Å². The molecule has 11 heteroatoms. The van der Waals surface area contributed by atoms with Crippen molar-refractivity contribution in [3.63, 3.8) is 0 Å². The zero-order chi connectivity index (χ0) is 37.4. The van der Waals surface area contributed by atoms with Crippen molar-refractivity contribution in [2.24, 2.45) is 7.05 Å². The molecular formula is C42H44ClN5O5. The van der Waals surface area contributed by atoms with Crippen LogP contribution < -0.4 is 10.1 Å². The van der Waals surface area contributed by atoms with Gasteiger partial charge in [0.1, 0.15) is 28.5 Å². The van der Waals surface area contributed by atoms with Crippen LogP contribution in [0.3, 0.4) is 0 Å². The van der Waals surface area contributed by atoms with Crippen molar-refractivity contribution in [2.75, 3.05) is 13.2 Å². The summed E-state index contributed by atoms with van der Waals surface area (Å²) in [4.78, 5) is 32.0. The van der Waals surface area contributed by atoms with Crippen molar-refractivity contribution in [1.29, 1.82) is 0 Å². The van der Waals surface area contributed by atoms with E-state index in [0.717, 1.165) is 80.4 Å². The summed E-state index contributed by atoms with van der Waals surface area (Å²) in [5.74, 6) is 0.149. The van der Waals surface area contributed by atoms with E-state index in [9.17, 15) is 14.7 Å². The maximum atomic E-state index is 14.0. The third kappa shape index (κ3) is 7.34. The predicted molar refractivity (Wildman–Crippen MR) is 206 cm³/mol. The molecule has 1 aliphatic rings. The third-order valence-corrected chi connectivity index (χ3v) is 10.9. The van der Waals surface area contributed by atoms with Gasteiger partial charge in [-0.25, -0.2) is 4.79 Å². The summed E-state index contributed by atoms with van der Waals surface area (Å²) in [7, 11) is 1.93. The van der Waals surface area contributed by atoms with Crippen molar-refractivity contribution in [3.05, 3.63) is 128 Å². The molecule has 4 heterocycles. The minimum Gasteiger partial charge on any atom is -0.494 e. The lowest BCUT2D eigenvalue weighted by atomic mass is 9.98. The predicted octanol–water partition coefficient (Wildman–Crippen LogP) is 8.25. The van der Waals surface area contributed by atoms with Gasteiger partial charge in [0.25, 0.3) is 5.91 Å². The number of aromatic carboxylic acids is 1. The topological polar surface area (TPSA) is 126 Å². The number of aromatic nitrogens is 3. The quantitative estimate of drug-likeness (QED) is 0.108. The molecule has 7 rings (SSSR count). The van der Waals surface area contributed by atoms with Crippen molar-refractivity contribution >= 4 is 34.4 Å². The molecule has 3 aromatic carbocycles. The van der Waals surface area contributed by atoms with E-state index in [1.165, 1.54) is 17.2 Å². The van der Waals surface area contributed by atoms with E-state index in [1.807, 2.05) is 81.9 Å². The first-order chi connectivity index (χ1) is 25.5. The zero-order valence-corrected chi connectivity index (χ0v) is 31.5. The first kappa shape index (κ1) is 36.1. The third-order valence-electron chi connectivity index (χ3n) is 10.3. The van der Waals surface area contributed by atoms with E-state index in [2.05, 4.69) is 32.4 Å². The number of carbonyl (C=O) groups is 2. The first-order valence-corrected chi connectivity index (χ1v) is 18.3. The molecule has 3 aromatic heterocycles. The number of halogens is 1. The Bertz CT molecular complexity index is 2330. The monoisotopic (exact) mass is 733 g/mol. The second kappa shape index (κ2) is 15.0. The lowest BCUT2D eigenvalue weighted by Crippen LogP contribution is -2.30. The number of hydrogen-bond acceptors (Lipinski definition) is 6. The highest BCUT2D eigenvalue weighted by Crippen LogP contribution is 2.36. The summed E-state index contributed by atoms with van der Waals surface area (Å²) in [5, 5.41) is 19.3. The number of furan rings is 1. The number of ether oxygens (including phenoxy) is 1. The fourth-order valence-corrected chi connectivity index (χ4v) is 7.65. The molecular weight excluding hydrogens is 690 g/mol. The summed E-state index contributed by atoms with van der Waals surface area (Å²) >= 11 is 6.37. The van der Waals surface area contributed by atoms with Gasteiger partial charge < -0.3 is 24.6 Å². The van der Waals surface area contributed by atoms with Crippen LogP contribution in [0.1, 0.15) is 78.0 Å². The maximum Gasteiger partial charge on any atom is 0.339 e. The standard InChI is InChI=1S/C42H44ClN5O5/c1-24-18-30(19-25(2)38(24)43)52-17-9-14-33-32-12-8-13-34(37-26(3)46-47(5)27(37)4)39(32)45-40(33)41(49)44-21-31-20-35(42(50)51)36(53-31)23-48-16-15-28-10-6-7-11-29(28)22-48/h6-8,10-13,18-20,45H,9,14-17,21-23H2,1-5H3,(H,44,49)(H,50,51). The molecule has 0 atom stereocenters. The molecule has 10 nitrogen and oxygen atoms in total. The summed E-state index contributed by atoms with van der Waals surface area (Å²) in [5.41, 5.74) is 10.7. The van der Waals surface area contributed by atoms with Crippen LogP contribution in [0.4, 0.5) is 0 Å². The Hall–Kier alpha value is -5.32. The molecule has 0 unspecified atom stereocenters. The van der Waals surface area contributed by atoms with Crippen LogP contribution in [0, 0.1) is 27.7 Å². The van der Waals surface area contributed by atoms with E-state index < -0.39 is 5.97 Å². The van der Waals surface area contributed by atoms with Crippen LogP contribution in [-0.2, 0) is 39.5 Å². The number of amides is 1. The number of rotatable bonds is 12. The Morgan fingerprint density at radius 1 is 1.04 bits per heavy atom. The number of carboxylic acid groups (broad SMARTS) is 1. The molecule has 0 saturated carbocycles. The molecule has 0 spiro atoms. The number of aromatic amines is 1. The van der Waals surface area contributed by atoms with Crippen LogP contribution in [0.2, 0.25) is 5.02 Å². The Kier molecular flexibility index (Phi) is 10.2. The van der Waals surface area contributed by atoms with Gasteiger partial charge in [0.2, 0.25) is 0 Å². The fraction of sp³-hybridized carbons (Fsp3) is 0.310. The number of H-pyrrole nitrogens is 1. The van der Waals surface area contributed by atoms with Gasteiger partial charge in [0.05, 0.1) is 30.9 Å². The Labute approximate surface area is 313 Å². The lowest BCUT2D eigenvalue weighted by Gasteiger charge is -2.28. The van der Waals surface area contributed by atoms with Crippen LogP contribution in [0.5, 0.6) is 5.75 Å². The highest BCUT2D eigenvalue weighted by atomic mass is 35.5. The number of fused-ring (bicyclic) bond motifs is 2. The molecule has 0 fully saturated rings. The molecule has 3 N–H and O–H groups in total. The molecule has 1 amide bonds. The van der Waals surface area contributed by atoms with Gasteiger partial charge in [0.15, 0.2) is 0 Å². The molecule has 0 bridgehead atoms. The molecule has 274 valence electrons. The average molecular weight is 734 g/mol. The van der Waals surface area contributed by atoms with Crippen molar-refractivity contribution in [3.8, 4) is 16.9 Å². The Balaban J connectivity index is 1.13. The number of benzene rings is 3. The summed E-state index contributed by atoms with van der Waals surface area (Å²) in [6.45, 7) is 10.3. The number of nitrogens with zero attached hydrogens (tertiary/aromatic N) is 3. The van der Waals surface area contributed by atoms with Gasteiger partial charge in [0, 0.05) is 47.4 Å². The van der Waals surface area contributed by atoms with Crippen molar-refractivity contribution in [2.45, 2.75) is 66.6 Å². The smallest absolute Gasteiger partial charge is 0.339 e. The lowest BCUT2D eigenvalue weighted by molar-refractivity contribution is 0.0691. The number of nitrogens with one attached hydrogen (secondary N) is 2. The highest BCUT2D eigenvalue weighted by molar-refractivity contribution is 6.32. The van der Waals surface area contributed by atoms with E-state index in [-0.39, 0.29) is 18.0 Å². The SMILES string of the molecule is Cc1cc(OCCCc2c(C(=O)NCc3cc(C(=O)O)c(CN4CCc5ccccc5C4)o3)[nH]c3c(-c4c(C)nn(C)c4C)cccc23)cc(C)c1Cl.